The number of H-pyrrole nitrogens is 1. The molecule has 1 fully saturated rings. The third-order valence-electron chi connectivity index (χ3n) is 7.89. The normalized spacial score (nSPS) is 16.4. The van der Waals surface area contributed by atoms with Gasteiger partial charge in [0.15, 0.2) is 5.13 Å². The number of carbonyl (C=O) groups excluding carboxylic acids is 1. The number of primary amides is 1. The summed E-state index contributed by atoms with van der Waals surface area (Å²) in [6.07, 6.45) is -6.08. The van der Waals surface area contributed by atoms with Crippen LogP contribution < -0.4 is 10.6 Å². The molecule has 1 aliphatic heterocycles. The van der Waals surface area contributed by atoms with E-state index in [9.17, 15) is 36.2 Å². The Balaban J connectivity index is 1.57. The molecular formula is C29H28F6N6O2S. The maximum atomic E-state index is 14.1. The zero-order valence-corrected chi connectivity index (χ0v) is 24.3. The van der Waals surface area contributed by atoms with Crippen LogP contribution in [0, 0.1) is 0 Å². The van der Waals surface area contributed by atoms with Crippen LogP contribution in [-0.2, 0) is 17.1 Å². The number of thiazole rings is 1. The lowest BCUT2D eigenvalue weighted by Crippen LogP contribution is -2.50. The van der Waals surface area contributed by atoms with Crippen molar-refractivity contribution in [3.63, 3.8) is 0 Å². The number of likely N-dealkylation sites (tertiary alicyclic amines) is 1. The highest BCUT2D eigenvalue weighted by Crippen LogP contribution is 2.43. The van der Waals surface area contributed by atoms with Crippen molar-refractivity contribution < 1.29 is 36.2 Å². The molecule has 0 radical (unpaired) electrons. The van der Waals surface area contributed by atoms with E-state index in [1.54, 1.807) is 32.2 Å². The number of hydrogen-bond acceptors (Lipinski definition) is 7. The summed E-state index contributed by atoms with van der Waals surface area (Å²) in [7, 11) is 1.79. The molecule has 1 atom stereocenters. The fourth-order valence-corrected chi connectivity index (χ4v) is 6.31. The molecule has 2 aromatic carbocycles. The lowest BCUT2D eigenvalue weighted by molar-refractivity contribution is -0.143. The monoisotopic (exact) mass is 638 g/mol. The van der Waals surface area contributed by atoms with Crippen molar-refractivity contribution in [1.82, 2.24) is 20.1 Å². The number of carbonyl (C=O) groups is 1. The molecule has 4 aromatic rings. The number of nitrogens with zero attached hydrogens (tertiary/aromatic N) is 4. The molecule has 5 rings (SSSR count). The second kappa shape index (κ2) is 11.8. The van der Waals surface area contributed by atoms with Crippen LogP contribution in [0.5, 0.6) is 5.88 Å². The van der Waals surface area contributed by atoms with E-state index in [2.05, 4.69) is 15.2 Å². The quantitative estimate of drug-likeness (QED) is 0.166. The third kappa shape index (κ3) is 6.38. The first-order chi connectivity index (χ1) is 20.6. The van der Waals surface area contributed by atoms with Crippen molar-refractivity contribution in [3.05, 3.63) is 69.7 Å². The van der Waals surface area contributed by atoms with Crippen LogP contribution >= 0.6 is 11.3 Å². The Bertz CT molecular complexity index is 1700. The molecule has 15 heteroatoms. The van der Waals surface area contributed by atoms with E-state index in [-0.39, 0.29) is 22.6 Å². The van der Waals surface area contributed by atoms with Gasteiger partial charge < -0.3 is 15.7 Å². The minimum absolute atomic E-state index is 0.00817. The SMILES string of the molecule is CC(C(N)=O)N1CCC(N(C)c2nc(O)c(C(=Cc3ccc(C(F)(F)F)cc3C(F)(F)F)c3ccc4[nH]ncc4c3)s2)CC1. The standard InChI is InChI=1S/C29H28F6N6O2S/c1-15(25(36)42)41-9-7-20(8-10-41)40(2)27-38-26(43)24(44-27)21(16-4-6-23-18(11-16)14-37-39-23)12-17-3-5-19(28(30,31)32)13-22(17)29(33,34)35/h3-6,11-15,20,43H,7-10H2,1-2H3,(H2,36,42)(H,37,39). The lowest BCUT2D eigenvalue weighted by atomic mass is 9.96. The average Bonchev–Trinajstić information content (AvgIpc) is 3.60. The van der Waals surface area contributed by atoms with Crippen LogP contribution in [-0.4, -0.2) is 63.3 Å². The molecule has 0 aliphatic carbocycles. The zero-order chi connectivity index (χ0) is 32.0. The Morgan fingerprint density at radius 3 is 2.48 bits per heavy atom. The zero-order valence-electron chi connectivity index (χ0n) is 23.5. The second-order valence-electron chi connectivity index (χ2n) is 10.6. The highest BCUT2D eigenvalue weighted by Gasteiger charge is 2.38. The number of benzene rings is 2. The maximum absolute atomic E-state index is 14.1. The smallest absolute Gasteiger partial charge is 0.417 e. The van der Waals surface area contributed by atoms with Crippen molar-refractivity contribution in [2.24, 2.45) is 5.73 Å². The largest absolute Gasteiger partial charge is 0.492 e. The van der Waals surface area contributed by atoms with E-state index < -0.39 is 46.9 Å². The molecule has 1 aliphatic rings. The number of amides is 1. The summed E-state index contributed by atoms with van der Waals surface area (Å²) in [5.74, 6) is -0.850. The Morgan fingerprint density at radius 2 is 1.84 bits per heavy atom. The number of anilines is 1. The summed E-state index contributed by atoms with van der Waals surface area (Å²) in [5, 5.41) is 18.8. The number of fused-ring (bicyclic) bond motifs is 1. The first-order valence-corrected chi connectivity index (χ1v) is 14.3. The van der Waals surface area contributed by atoms with Crippen molar-refractivity contribution in [2.75, 3.05) is 25.0 Å². The molecule has 234 valence electrons. The van der Waals surface area contributed by atoms with Gasteiger partial charge in [-0.25, -0.2) is 0 Å². The van der Waals surface area contributed by atoms with Crippen LogP contribution in [0.4, 0.5) is 31.5 Å². The molecule has 0 spiro atoms. The van der Waals surface area contributed by atoms with Crippen LogP contribution in [0.15, 0.2) is 42.6 Å². The van der Waals surface area contributed by atoms with Crippen molar-refractivity contribution in [1.29, 1.82) is 0 Å². The van der Waals surface area contributed by atoms with E-state index in [1.165, 1.54) is 6.20 Å². The predicted octanol–water partition coefficient (Wildman–Crippen LogP) is 6.13. The molecule has 1 amide bonds. The summed E-state index contributed by atoms with van der Waals surface area (Å²) in [6, 6.07) is 5.95. The van der Waals surface area contributed by atoms with Gasteiger partial charge in [0, 0.05) is 37.1 Å². The van der Waals surface area contributed by atoms with E-state index in [0.717, 1.165) is 23.5 Å². The van der Waals surface area contributed by atoms with Gasteiger partial charge in [-0.15, -0.1) is 0 Å². The van der Waals surface area contributed by atoms with Crippen LogP contribution in [0.1, 0.15) is 46.9 Å². The number of nitrogens with two attached hydrogens (primary N) is 1. The van der Waals surface area contributed by atoms with Gasteiger partial charge in [0.05, 0.1) is 28.9 Å². The highest BCUT2D eigenvalue weighted by molar-refractivity contribution is 7.17. The molecular weight excluding hydrogens is 610 g/mol. The first kappa shape index (κ1) is 31.3. The van der Waals surface area contributed by atoms with Crippen molar-refractivity contribution >= 4 is 44.9 Å². The summed E-state index contributed by atoms with van der Waals surface area (Å²) < 4.78 is 82.1. The van der Waals surface area contributed by atoms with Gasteiger partial charge >= 0.3 is 12.4 Å². The van der Waals surface area contributed by atoms with Gasteiger partial charge in [-0.2, -0.15) is 36.4 Å². The summed E-state index contributed by atoms with van der Waals surface area (Å²) in [4.78, 5) is 19.9. The van der Waals surface area contributed by atoms with E-state index in [1.807, 2.05) is 9.80 Å². The number of aromatic hydroxyl groups is 1. The Hall–Kier alpha value is -4.11. The summed E-state index contributed by atoms with van der Waals surface area (Å²) in [5.41, 5.74) is 3.23. The number of nitrogens with one attached hydrogen (secondary N) is 1. The molecule has 2 aromatic heterocycles. The number of alkyl halides is 6. The van der Waals surface area contributed by atoms with Crippen molar-refractivity contribution in [2.45, 2.75) is 44.2 Å². The lowest BCUT2D eigenvalue weighted by Gasteiger charge is -2.38. The number of halogens is 6. The van der Waals surface area contributed by atoms with Crippen LogP contribution in [0.25, 0.3) is 22.6 Å². The van der Waals surface area contributed by atoms with Crippen molar-refractivity contribution in [3.8, 4) is 5.88 Å². The number of aromatic nitrogens is 3. The Kier molecular flexibility index (Phi) is 8.37. The van der Waals surface area contributed by atoms with E-state index in [4.69, 9.17) is 5.73 Å². The first-order valence-electron chi connectivity index (χ1n) is 13.5. The molecule has 4 N–H and O–H groups in total. The van der Waals surface area contributed by atoms with Gasteiger partial charge in [-0.3, -0.25) is 14.8 Å². The molecule has 44 heavy (non-hydrogen) atoms. The molecule has 1 saturated heterocycles. The minimum atomic E-state index is -5.09. The van der Waals surface area contributed by atoms with E-state index >= 15 is 0 Å². The molecule has 0 bridgehead atoms. The average molecular weight is 639 g/mol. The second-order valence-corrected chi connectivity index (χ2v) is 11.6. The maximum Gasteiger partial charge on any atom is 0.417 e. The molecule has 0 saturated carbocycles. The van der Waals surface area contributed by atoms with Gasteiger partial charge in [0.25, 0.3) is 0 Å². The predicted molar refractivity (Wildman–Crippen MR) is 155 cm³/mol. The van der Waals surface area contributed by atoms with Crippen LogP contribution in [0.2, 0.25) is 0 Å². The van der Waals surface area contributed by atoms with Gasteiger partial charge in [-0.1, -0.05) is 23.5 Å². The number of rotatable bonds is 7. The summed E-state index contributed by atoms with van der Waals surface area (Å²) >= 11 is 1.05. The Labute approximate surface area is 251 Å². The number of hydrogen-bond donors (Lipinski definition) is 3. The minimum Gasteiger partial charge on any atom is -0.492 e. The molecule has 3 heterocycles. The highest BCUT2D eigenvalue weighted by atomic mass is 32.1. The summed E-state index contributed by atoms with van der Waals surface area (Å²) in [6.45, 7) is 2.95. The number of aromatic amines is 1. The Morgan fingerprint density at radius 1 is 1.14 bits per heavy atom. The van der Waals surface area contributed by atoms with Crippen LogP contribution in [0.3, 0.4) is 0 Å². The molecule has 1 unspecified atom stereocenters. The van der Waals surface area contributed by atoms with Gasteiger partial charge in [0.2, 0.25) is 11.8 Å². The van der Waals surface area contributed by atoms with E-state index in [0.29, 0.717) is 53.6 Å². The topological polar surface area (TPSA) is 111 Å². The third-order valence-corrected chi connectivity index (χ3v) is 9.06. The fourth-order valence-electron chi connectivity index (χ4n) is 5.27. The fraction of sp³-hybridized carbons (Fsp3) is 0.345. The van der Waals surface area contributed by atoms with Gasteiger partial charge in [-0.05, 0) is 61.2 Å². The number of piperidine rings is 1. The molecule has 8 nitrogen and oxygen atoms in total. The van der Waals surface area contributed by atoms with Gasteiger partial charge in [0.1, 0.15) is 4.88 Å².